The van der Waals surface area contributed by atoms with Gasteiger partial charge < -0.3 is 0 Å². The maximum absolute atomic E-state index is 12.4. The zero-order chi connectivity index (χ0) is 17.1. The van der Waals surface area contributed by atoms with E-state index in [9.17, 15) is 19.7 Å². The van der Waals surface area contributed by atoms with E-state index in [0.29, 0.717) is 11.1 Å². The Labute approximate surface area is 141 Å². The lowest BCUT2D eigenvalue weighted by molar-refractivity contribution is -0.385. The minimum Gasteiger partial charge on any atom is -0.268 e. The summed E-state index contributed by atoms with van der Waals surface area (Å²) in [6.07, 6.45) is 4.77. The SMILES string of the molecule is O=C1S/C(=C/c2cccnc2)C(=O)N1Cc1ccccc1[N+](=O)[O-]. The van der Waals surface area contributed by atoms with Crippen LogP contribution >= 0.6 is 11.8 Å². The van der Waals surface area contributed by atoms with Gasteiger partial charge in [0.1, 0.15) is 0 Å². The zero-order valence-corrected chi connectivity index (χ0v) is 13.1. The Bertz CT molecular complexity index is 851. The molecule has 0 unspecified atom stereocenters. The highest BCUT2D eigenvalue weighted by Gasteiger charge is 2.36. The van der Waals surface area contributed by atoms with Crippen LogP contribution in [0.5, 0.6) is 0 Å². The molecule has 1 aromatic carbocycles. The number of aromatic nitrogens is 1. The van der Waals surface area contributed by atoms with E-state index < -0.39 is 16.1 Å². The number of para-hydroxylation sites is 1. The van der Waals surface area contributed by atoms with Crippen molar-refractivity contribution in [3.63, 3.8) is 0 Å². The second-order valence-electron chi connectivity index (χ2n) is 4.94. The smallest absolute Gasteiger partial charge is 0.268 e. The average Bonchev–Trinajstić information content (AvgIpc) is 2.84. The number of nitro groups is 1. The van der Waals surface area contributed by atoms with E-state index in [-0.39, 0.29) is 17.1 Å². The molecule has 1 aliphatic heterocycles. The molecule has 0 saturated carbocycles. The van der Waals surface area contributed by atoms with Crippen LogP contribution in [0, 0.1) is 10.1 Å². The lowest BCUT2D eigenvalue weighted by Crippen LogP contribution is -2.27. The maximum Gasteiger partial charge on any atom is 0.293 e. The highest BCUT2D eigenvalue weighted by atomic mass is 32.2. The summed E-state index contributed by atoms with van der Waals surface area (Å²) in [5, 5.41) is 10.6. The molecule has 0 aliphatic carbocycles. The minimum atomic E-state index is -0.528. The summed E-state index contributed by atoms with van der Waals surface area (Å²) < 4.78 is 0. The molecule has 1 fully saturated rings. The number of carbonyl (C=O) groups excluding carboxylic acids is 2. The summed E-state index contributed by atoms with van der Waals surface area (Å²) in [6, 6.07) is 9.54. The lowest BCUT2D eigenvalue weighted by Gasteiger charge is -2.12. The van der Waals surface area contributed by atoms with Crippen LogP contribution in [-0.4, -0.2) is 26.0 Å². The summed E-state index contributed by atoms with van der Waals surface area (Å²) in [5.41, 5.74) is 0.897. The molecule has 0 bridgehead atoms. The molecule has 7 nitrogen and oxygen atoms in total. The molecular formula is C16H11N3O4S. The monoisotopic (exact) mass is 341 g/mol. The van der Waals surface area contributed by atoms with E-state index in [1.54, 1.807) is 36.7 Å². The van der Waals surface area contributed by atoms with Crippen molar-refractivity contribution in [2.75, 3.05) is 0 Å². The van der Waals surface area contributed by atoms with Crippen LogP contribution in [-0.2, 0) is 11.3 Å². The topological polar surface area (TPSA) is 93.4 Å². The number of benzene rings is 1. The Morgan fingerprint density at radius 3 is 2.71 bits per heavy atom. The summed E-state index contributed by atoms with van der Waals surface area (Å²) in [6.45, 7) is -0.133. The first-order valence-corrected chi connectivity index (χ1v) is 7.75. The number of rotatable bonds is 4. The second kappa shape index (κ2) is 6.63. The second-order valence-corrected chi connectivity index (χ2v) is 5.93. The summed E-state index contributed by atoms with van der Waals surface area (Å²) in [5.74, 6) is -0.466. The highest BCUT2D eigenvalue weighted by Crippen LogP contribution is 2.34. The maximum atomic E-state index is 12.4. The van der Waals surface area contributed by atoms with Crippen LogP contribution in [0.4, 0.5) is 10.5 Å². The fourth-order valence-corrected chi connectivity index (χ4v) is 3.08. The van der Waals surface area contributed by atoms with Crippen molar-refractivity contribution in [1.82, 2.24) is 9.88 Å². The Hall–Kier alpha value is -3.00. The number of hydrogen-bond donors (Lipinski definition) is 0. The number of hydrogen-bond acceptors (Lipinski definition) is 6. The van der Waals surface area contributed by atoms with Crippen molar-refractivity contribution in [1.29, 1.82) is 0 Å². The van der Waals surface area contributed by atoms with Crippen LogP contribution in [0.2, 0.25) is 0 Å². The van der Waals surface area contributed by atoms with Gasteiger partial charge in [0.15, 0.2) is 0 Å². The first-order valence-electron chi connectivity index (χ1n) is 6.94. The van der Waals surface area contributed by atoms with Crippen LogP contribution < -0.4 is 0 Å². The molecule has 1 saturated heterocycles. The molecule has 2 amide bonds. The number of nitro benzene ring substituents is 1. The Morgan fingerprint density at radius 1 is 1.21 bits per heavy atom. The van der Waals surface area contributed by atoms with Crippen molar-refractivity contribution in [2.24, 2.45) is 0 Å². The molecule has 0 spiro atoms. The normalized spacial score (nSPS) is 16.0. The van der Waals surface area contributed by atoms with Gasteiger partial charge in [0, 0.05) is 24.0 Å². The highest BCUT2D eigenvalue weighted by molar-refractivity contribution is 8.18. The van der Waals surface area contributed by atoms with E-state index in [1.165, 1.54) is 18.2 Å². The van der Waals surface area contributed by atoms with E-state index in [1.807, 2.05) is 0 Å². The van der Waals surface area contributed by atoms with Crippen molar-refractivity contribution in [2.45, 2.75) is 6.54 Å². The molecule has 24 heavy (non-hydrogen) atoms. The fourth-order valence-electron chi connectivity index (χ4n) is 2.24. The van der Waals surface area contributed by atoms with E-state index in [4.69, 9.17) is 0 Å². The Kier molecular flexibility index (Phi) is 4.39. The van der Waals surface area contributed by atoms with Gasteiger partial charge in [-0.05, 0) is 29.5 Å². The number of nitrogens with zero attached hydrogens (tertiary/aromatic N) is 3. The van der Waals surface area contributed by atoms with Crippen molar-refractivity contribution >= 4 is 34.7 Å². The number of thioether (sulfide) groups is 1. The van der Waals surface area contributed by atoms with Gasteiger partial charge in [-0.3, -0.25) is 29.6 Å². The number of carbonyl (C=O) groups is 2. The van der Waals surface area contributed by atoms with Crippen LogP contribution in [0.3, 0.4) is 0 Å². The quantitative estimate of drug-likeness (QED) is 0.481. The molecule has 120 valence electrons. The fraction of sp³-hybridized carbons (Fsp3) is 0.0625. The van der Waals surface area contributed by atoms with Crippen molar-refractivity contribution in [3.05, 3.63) is 74.9 Å². The first kappa shape index (κ1) is 15.9. The van der Waals surface area contributed by atoms with Crippen LogP contribution in [0.15, 0.2) is 53.7 Å². The number of pyridine rings is 1. The summed E-state index contributed by atoms with van der Waals surface area (Å²) >= 11 is 0.811. The van der Waals surface area contributed by atoms with E-state index >= 15 is 0 Å². The molecular weight excluding hydrogens is 330 g/mol. The Morgan fingerprint density at radius 2 is 2.00 bits per heavy atom. The largest absolute Gasteiger partial charge is 0.293 e. The molecule has 2 heterocycles. The standard InChI is InChI=1S/C16H11N3O4S/c20-15-14(8-11-4-3-7-17-9-11)24-16(21)18(15)10-12-5-1-2-6-13(12)19(22)23/h1-9H,10H2/b14-8+. The predicted molar refractivity (Wildman–Crippen MR) is 88.8 cm³/mol. The first-order chi connectivity index (χ1) is 11.6. The van der Waals surface area contributed by atoms with Crippen LogP contribution in [0.1, 0.15) is 11.1 Å². The number of amides is 2. The molecule has 0 atom stereocenters. The summed E-state index contributed by atoms with van der Waals surface area (Å²) in [4.78, 5) is 40.3. The molecule has 2 aromatic rings. The van der Waals surface area contributed by atoms with E-state index in [2.05, 4.69) is 4.98 Å². The molecule has 1 aromatic heterocycles. The third-order valence-electron chi connectivity index (χ3n) is 3.37. The molecule has 0 N–H and O–H groups in total. The Balaban J connectivity index is 1.86. The van der Waals surface area contributed by atoms with Gasteiger partial charge in [0.05, 0.1) is 16.4 Å². The van der Waals surface area contributed by atoms with Gasteiger partial charge in [-0.15, -0.1) is 0 Å². The zero-order valence-electron chi connectivity index (χ0n) is 12.3. The number of imide groups is 1. The minimum absolute atomic E-state index is 0.118. The van der Waals surface area contributed by atoms with Gasteiger partial charge in [-0.25, -0.2) is 0 Å². The third-order valence-corrected chi connectivity index (χ3v) is 4.28. The molecule has 1 aliphatic rings. The lowest BCUT2D eigenvalue weighted by atomic mass is 10.1. The van der Waals surface area contributed by atoms with Gasteiger partial charge >= 0.3 is 0 Å². The van der Waals surface area contributed by atoms with Crippen molar-refractivity contribution in [3.8, 4) is 0 Å². The predicted octanol–water partition coefficient (Wildman–Crippen LogP) is 3.23. The van der Waals surface area contributed by atoms with Gasteiger partial charge in [-0.1, -0.05) is 24.3 Å². The molecule has 3 rings (SSSR count). The van der Waals surface area contributed by atoms with Gasteiger partial charge in [-0.2, -0.15) is 0 Å². The summed E-state index contributed by atoms with van der Waals surface area (Å²) in [7, 11) is 0. The van der Waals surface area contributed by atoms with Gasteiger partial charge in [0.2, 0.25) is 0 Å². The van der Waals surface area contributed by atoms with Crippen LogP contribution in [0.25, 0.3) is 6.08 Å². The third kappa shape index (κ3) is 3.18. The molecule has 0 radical (unpaired) electrons. The average molecular weight is 341 g/mol. The van der Waals surface area contributed by atoms with Gasteiger partial charge in [0.25, 0.3) is 16.8 Å². The van der Waals surface area contributed by atoms with Crippen molar-refractivity contribution < 1.29 is 14.5 Å². The molecule has 8 heteroatoms. The van der Waals surface area contributed by atoms with E-state index in [0.717, 1.165) is 16.7 Å².